The molecule has 2 N–H and O–H groups in total. The van der Waals surface area contributed by atoms with Crippen molar-refractivity contribution < 1.29 is 18.8 Å². The first kappa shape index (κ1) is 13.5. The number of anilines is 1. The van der Waals surface area contributed by atoms with Gasteiger partial charge in [0.15, 0.2) is 11.6 Å². The number of hydrogen-bond donors (Lipinski definition) is 1. The Kier molecular flexibility index (Phi) is 3.60. The van der Waals surface area contributed by atoms with Crippen molar-refractivity contribution in [3.63, 3.8) is 0 Å². The van der Waals surface area contributed by atoms with Crippen molar-refractivity contribution in [1.29, 1.82) is 0 Å². The molecular formula is C11H9FN4O4. The third-order valence-electron chi connectivity index (χ3n) is 2.25. The predicted molar refractivity (Wildman–Crippen MR) is 66.1 cm³/mol. The van der Waals surface area contributed by atoms with E-state index in [4.69, 9.17) is 15.2 Å². The van der Waals surface area contributed by atoms with E-state index >= 15 is 0 Å². The van der Waals surface area contributed by atoms with Gasteiger partial charge in [-0.3, -0.25) is 10.1 Å². The molecule has 8 nitrogen and oxygen atoms in total. The van der Waals surface area contributed by atoms with E-state index in [2.05, 4.69) is 9.97 Å². The van der Waals surface area contributed by atoms with Crippen LogP contribution in [0.1, 0.15) is 0 Å². The Morgan fingerprint density at radius 2 is 2.00 bits per heavy atom. The van der Waals surface area contributed by atoms with Gasteiger partial charge in [-0.05, 0) is 6.07 Å². The number of nitro groups is 1. The normalized spacial score (nSPS) is 10.1. The fourth-order valence-electron chi connectivity index (χ4n) is 1.38. The number of halogens is 1. The minimum absolute atomic E-state index is 0.0397. The smallest absolute Gasteiger partial charge is 0.272 e. The second-order valence-corrected chi connectivity index (χ2v) is 3.58. The Balaban J connectivity index is 2.30. The quantitative estimate of drug-likeness (QED) is 0.672. The molecule has 0 aliphatic rings. The standard InChI is InChI=1S/C11H9FN4O4/c1-19-9-5-10(15-11(13)14-9)20-8-3-2-6(16(17)18)4-7(8)12/h2-5H,1H3,(H2,13,14,15). The first-order valence-corrected chi connectivity index (χ1v) is 5.30. The monoisotopic (exact) mass is 280 g/mol. The molecule has 0 spiro atoms. The first-order valence-electron chi connectivity index (χ1n) is 5.30. The van der Waals surface area contributed by atoms with Crippen molar-refractivity contribution in [3.05, 3.63) is 40.2 Å². The Morgan fingerprint density at radius 1 is 1.30 bits per heavy atom. The summed E-state index contributed by atoms with van der Waals surface area (Å²) in [5.41, 5.74) is 5.05. The molecule has 0 saturated heterocycles. The average Bonchev–Trinajstić information content (AvgIpc) is 2.40. The van der Waals surface area contributed by atoms with Crippen LogP contribution in [0, 0.1) is 15.9 Å². The van der Waals surface area contributed by atoms with Crippen molar-refractivity contribution in [2.24, 2.45) is 0 Å². The zero-order chi connectivity index (χ0) is 14.7. The molecule has 0 atom stereocenters. The summed E-state index contributed by atoms with van der Waals surface area (Å²) in [6.45, 7) is 0. The maximum Gasteiger partial charge on any atom is 0.272 e. The molecule has 0 radical (unpaired) electrons. The zero-order valence-corrected chi connectivity index (χ0v) is 10.2. The average molecular weight is 280 g/mol. The minimum atomic E-state index is -0.893. The van der Waals surface area contributed by atoms with Gasteiger partial charge in [-0.1, -0.05) is 0 Å². The highest BCUT2D eigenvalue weighted by atomic mass is 19.1. The Hall–Kier alpha value is -2.97. The van der Waals surface area contributed by atoms with Gasteiger partial charge < -0.3 is 15.2 Å². The van der Waals surface area contributed by atoms with E-state index in [-0.39, 0.29) is 29.1 Å². The highest BCUT2D eigenvalue weighted by Crippen LogP contribution is 2.28. The van der Waals surface area contributed by atoms with Crippen LogP contribution >= 0.6 is 0 Å². The van der Waals surface area contributed by atoms with Crippen LogP contribution in [0.15, 0.2) is 24.3 Å². The molecule has 0 amide bonds. The third kappa shape index (κ3) is 2.88. The second-order valence-electron chi connectivity index (χ2n) is 3.58. The van der Waals surface area contributed by atoms with E-state index in [0.29, 0.717) is 0 Å². The van der Waals surface area contributed by atoms with Crippen LogP contribution in [-0.4, -0.2) is 22.0 Å². The predicted octanol–water partition coefficient (Wildman–Crippen LogP) is 1.91. The summed E-state index contributed by atoms with van der Waals surface area (Å²) in [5, 5.41) is 10.5. The molecule has 0 unspecified atom stereocenters. The number of nitro benzene ring substituents is 1. The molecule has 2 rings (SSSR count). The lowest BCUT2D eigenvalue weighted by Gasteiger charge is -2.07. The number of nitrogens with zero attached hydrogens (tertiary/aromatic N) is 3. The summed E-state index contributed by atoms with van der Waals surface area (Å²) in [6, 6.07) is 4.28. The van der Waals surface area contributed by atoms with Crippen LogP contribution in [0.4, 0.5) is 16.0 Å². The molecule has 1 heterocycles. The molecule has 0 fully saturated rings. The van der Waals surface area contributed by atoms with Crippen LogP contribution in [-0.2, 0) is 0 Å². The summed E-state index contributed by atoms with van der Waals surface area (Å²) in [4.78, 5) is 17.3. The topological polar surface area (TPSA) is 113 Å². The van der Waals surface area contributed by atoms with Crippen molar-refractivity contribution in [1.82, 2.24) is 9.97 Å². The molecule has 9 heteroatoms. The van der Waals surface area contributed by atoms with Gasteiger partial charge in [0, 0.05) is 6.07 Å². The summed E-state index contributed by atoms with van der Waals surface area (Å²) in [7, 11) is 1.37. The highest BCUT2D eigenvalue weighted by Gasteiger charge is 2.13. The number of rotatable bonds is 4. The van der Waals surface area contributed by atoms with Gasteiger partial charge >= 0.3 is 0 Å². The van der Waals surface area contributed by atoms with Crippen molar-refractivity contribution >= 4 is 11.6 Å². The SMILES string of the molecule is COc1cc(Oc2ccc([N+](=O)[O-])cc2F)nc(N)n1. The molecule has 2 aromatic rings. The lowest BCUT2D eigenvalue weighted by molar-refractivity contribution is -0.385. The van der Waals surface area contributed by atoms with Gasteiger partial charge in [0.25, 0.3) is 5.69 Å². The van der Waals surface area contributed by atoms with Crippen molar-refractivity contribution in [2.75, 3.05) is 12.8 Å². The van der Waals surface area contributed by atoms with Crippen LogP contribution in [0.5, 0.6) is 17.5 Å². The van der Waals surface area contributed by atoms with Crippen LogP contribution in [0.3, 0.4) is 0 Å². The summed E-state index contributed by atoms with van der Waals surface area (Å²) in [6.07, 6.45) is 0. The number of non-ortho nitro benzene ring substituents is 1. The fourth-order valence-corrected chi connectivity index (χ4v) is 1.38. The number of aromatic nitrogens is 2. The number of benzene rings is 1. The molecule has 1 aromatic heterocycles. The molecule has 20 heavy (non-hydrogen) atoms. The summed E-state index contributed by atoms with van der Waals surface area (Å²) >= 11 is 0. The lowest BCUT2D eigenvalue weighted by atomic mass is 10.3. The van der Waals surface area contributed by atoms with Crippen LogP contribution in [0.25, 0.3) is 0 Å². The van der Waals surface area contributed by atoms with Gasteiger partial charge in [0.1, 0.15) is 0 Å². The molecule has 0 saturated carbocycles. The maximum absolute atomic E-state index is 13.6. The van der Waals surface area contributed by atoms with Crippen LogP contribution < -0.4 is 15.2 Å². The van der Waals surface area contributed by atoms with E-state index in [9.17, 15) is 14.5 Å². The van der Waals surface area contributed by atoms with Gasteiger partial charge in [-0.25, -0.2) is 4.39 Å². The van der Waals surface area contributed by atoms with E-state index < -0.39 is 10.7 Å². The number of nitrogen functional groups attached to an aromatic ring is 1. The lowest BCUT2D eigenvalue weighted by Crippen LogP contribution is -2.00. The molecule has 0 aliphatic carbocycles. The Labute approximate surface area is 112 Å². The Morgan fingerprint density at radius 3 is 2.60 bits per heavy atom. The summed E-state index contributed by atoms with van der Waals surface area (Å²) in [5.74, 6) is -1.12. The van der Waals surface area contributed by atoms with E-state index in [0.717, 1.165) is 18.2 Å². The highest BCUT2D eigenvalue weighted by molar-refractivity contribution is 5.40. The molecule has 104 valence electrons. The molecule has 0 aliphatic heterocycles. The maximum atomic E-state index is 13.6. The number of hydrogen-bond acceptors (Lipinski definition) is 7. The largest absolute Gasteiger partial charge is 0.481 e. The fraction of sp³-hybridized carbons (Fsp3) is 0.0909. The van der Waals surface area contributed by atoms with Gasteiger partial charge in [-0.15, -0.1) is 0 Å². The van der Waals surface area contributed by atoms with Gasteiger partial charge in [0.05, 0.1) is 24.2 Å². The van der Waals surface area contributed by atoms with Crippen LogP contribution in [0.2, 0.25) is 0 Å². The van der Waals surface area contributed by atoms with Gasteiger partial charge in [-0.2, -0.15) is 9.97 Å². The molecule has 0 bridgehead atoms. The zero-order valence-electron chi connectivity index (χ0n) is 10.2. The number of methoxy groups -OCH3 is 1. The number of ether oxygens (including phenoxy) is 2. The number of nitrogens with two attached hydrogens (primary N) is 1. The first-order chi connectivity index (χ1) is 9.49. The van der Waals surface area contributed by atoms with Crippen molar-refractivity contribution in [2.45, 2.75) is 0 Å². The van der Waals surface area contributed by atoms with Crippen molar-refractivity contribution in [3.8, 4) is 17.5 Å². The van der Waals surface area contributed by atoms with E-state index in [1.54, 1.807) is 0 Å². The molecule has 1 aromatic carbocycles. The summed E-state index contributed by atoms with van der Waals surface area (Å²) < 4.78 is 23.7. The third-order valence-corrected chi connectivity index (χ3v) is 2.25. The van der Waals surface area contributed by atoms with Gasteiger partial charge in [0.2, 0.25) is 17.7 Å². The van der Waals surface area contributed by atoms with E-state index in [1.807, 2.05) is 0 Å². The Bertz CT molecular complexity index is 665. The van der Waals surface area contributed by atoms with E-state index in [1.165, 1.54) is 13.2 Å². The molecular weight excluding hydrogens is 271 g/mol. The second kappa shape index (κ2) is 5.34. The minimum Gasteiger partial charge on any atom is -0.481 e.